The Kier molecular flexibility index (Phi) is 2.33. The summed E-state index contributed by atoms with van der Waals surface area (Å²) in [5.41, 5.74) is -0.0626. The number of carboxylic acids is 1. The summed E-state index contributed by atoms with van der Waals surface area (Å²) in [7, 11) is 0. The Morgan fingerprint density at radius 2 is 2.00 bits per heavy atom. The number of carbonyl (C=O) groups is 1. The van der Waals surface area contributed by atoms with E-state index in [2.05, 4.69) is 15.9 Å². The molecule has 17 heavy (non-hydrogen) atoms. The van der Waals surface area contributed by atoms with Crippen LogP contribution in [0.5, 0.6) is 11.5 Å². The summed E-state index contributed by atoms with van der Waals surface area (Å²) in [6.07, 6.45) is 1.31. The fourth-order valence-corrected chi connectivity index (χ4v) is 2.93. The molecule has 1 saturated carbocycles. The average molecular weight is 299 g/mol. The molecule has 5 heteroatoms. The molecule has 1 aliphatic carbocycles. The molecule has 0 saturated heterocycles. The number of carboxylic acid groups (broad SMARTS) is 1. The van der Waals surface area contributed by atoms with Gasteiger partial charge in [-0.05, 0) is 25.0 Å². The summed E-state index contributed by atoms with van der Waals surface area (Å²) in [4.78, 5) is 11.4. The van der Waals surface area contributed by atoms with Gasteiger partial charge in [0.1, 0.15) is 13.2 Å². The van der Waals surface area contributed by atoms with Crippen LogP contribution < -0.4 is 9.47 Å². The molecule has 0 atom stereocenters. The van der Waals surface area contributed by atoms with E-state index in [1.165, 1.54) is 0 Å². The normalized spacial score (nSPS) is 19.8. The number of rotatable bonds is 2. The van der Waals surface area contributed by atoms with E-state index < -0.39 is 11.4 Å². The minimum atomic E-state index is -0.791. The van der Waals surface area contributed by atoms with Crippen molar-refractivity contribution in [3.63, 3.8) is 0 Å². The summed E-state index contributed by atoms with van der Waals surface area (Å²) in [5, 5.41) is 9.37. The van der Waals surface area contributed by atoms with E-state index in [-0.39, 0.29) is 0 Å². The molecular formula is C12H11BrO4. The lowest BCUT2D eigenvalue weighted by molar-refractivity contribution is -0.140. The van der Waals surface area contributed by atoms with Gasteiger partial charge < -0.3 is 14.6 Å². The topological polar surface area (TPSA) is 55.8 Å². The highest BCUT2D eigenvalue weighted by Crippen LogP contribution is 2.56. The second-order valence-corrected chi connectivity index (χ2v) is 5.19. The van der Waals surface area contributed by atoms with Gasteiger partial charge in [-0.2, -0.15) is 0 Å². The minimum absolute atomic E-state index is 0.464. The lowest BCUT2D eigenvalue weighted by Gasteiger charge is -2.24. The summed E-state index contributed by atoms with van der Waals surface area (Å²) in [6, 6.07) is 3.63. The van der Waals surface area contributed by atoms with Gasteiger partial charge in [0.15, 0.2) is 11.5 Å². The fraction of sp³-hybridized carbons (Fsp3) is 0.417. The Hall–Kier alpha value is -1.23. The number of halogens is 1. The predicted molar refractivity (Wildman–Crippen MR) is 63.7 cm³/mol. The second-order valence-electron chi connectivity index (χ2n) is 4.33. The molecule has 1 aromatic rings. The third-order valence-corrected chi connectivity index (χ3v) is 3.96. The molecule has 0 radical (unpaired) electrons. The molecule has 1 heterocycles. The van der Waals surface area contributed by atoms with Gasteiger partial charge in [0.05, 0.1) is 5.41 Å². The van der Waals surface area contributed by atoms with Crippen LogP contribution in [0.25, 0.3) is 0 Å². The lowest BCUT2D eigenvalue weighted by atomic mass is 9.94. The highest BCUT2D eigenvalue weighted by Gasteiger charge is 2.55. The number of hydrogen-bond donors (Lipinski definition) is 1. The highest BCUT2D eigenvalue weighted by atomic mass is 79.9. The van der Waals surface area contributed by atoms with Crippen molar-refractivity contribution in [2.24, 2.45) is 0 Å². The number of fused-ring (bicyclic) bond motifs is 1. The van der Waals surface area contributed by atoms with Gasteiger partial charge in [0.25, 0.3) is 0 Å². The molecule has 0 unspecified atom stereocenters. The van der Waals surface area contributed by atoms with Crippen LogP contribution in [-0.4, -0.2) is 24.3 Å². The maximum atomic E-state index is 11.4. The first-order chi connectivity index (χ1) is 8.15. The zero-order chi connectivity index (χ0) is 12.0. The molecule has 1 N–H and O–H groups in total. The van der Waals surface area contributed by atoms with Crippen molar-refractivity contribution in [2.75, 3.05) is 13.2 Å². The van der Waals surface area contributed by atoms with Crippen LogP contribution in [0.2, 0.25) is 0 Å². The molecule has 2 aliphatic rings. The number of aliphatic carboxylic acids is 1. The van der Waals surface area contributed by atoms with Gasteiger partial charge in [-0.1, -0.05) is 15.9 Å². The van der Waals surface area contributed by atoms with Crippen LogP contribution in [0.1, 0.15) is 18.4 Å². The van der Waals surface area contributed by atoms with E-state index in [0.717, 1.165) is 10.0 Å². The third kappa shape index (κ3) is 1.52. The van der Waals surface area contributed by atoms with Crippen molar-refractivity contribution < 1.29 is 19.4 Å². The quantitative estimate of drug-likeness (QED) is 0.910. The van der Waals surface area contributed by atoms with Gasteiger partial charge >= 0.3 is 5.97 Å². The zero-order valence-corrected chi connectivity index (χ0v) is 10.6. The molecule has 0 bridgehead atoms. The molecule has 90 valence electrons. The van der Waals surface area contributed by atoms with Crippen LogP contribution in [0, 0.1) is 0 Å². The molecule has 0 spiro atoms. The van der Waals surface area contributed by atoms with Crippen molar-refractivity contribution >= 4 is 21.9 Å². The van der Waals surface area contributed by atoms with Crippen LogP contribution >= 0.6 is 15.9 Å². The second kappa shape index (κ2) is 3.63. The summed E-state index contributed by atoms with van der Waals surface area (Å²) in [5.74, 6) is 0.438. The van der Waals surface area contributed by atoms with Crippen LogP contribution in [0.3, 0.4) is 0 Å². The van der Waals surface area contributed by atoms with Gasteiger partial charge in [0.2, 0.25) is 0 Å². The molecule has 0 aromatic heterocycles. The Labute approximate surface area is 107 Å². The molecule has 0 amide bonds. The van der Waals surface area contributed by atoms with Crippen LogP contribution in [-0.2, 0) is 10.2 Å². The van der Waals surface area contributed by atoms with Crippen molar-refractivity contribution in [2.45, 2.75) is 18.3 Å². The Morgan fingerprint density at radius 3 is 2.65 bits per heavy atom. The molecule has 1 aromatic carbocycles. The largest absolute Gasteiger partial charge is 0.486 e. The summed E-state index contributed by atoms with van der Waals surface area (Å²) in [6.45, 7) is 0.973. The van der Waals surface area contributed by atoms with Crippen molar-refractivity contribution in [1.82, 2.24) is 0 Å². The smallest absolute Gasteiger partial charge is 0.314 e. The Balaban J connectivity index is 2.18. The predicted octanol–water partition coefficient (Wildman–Crippen LogP) is 2.34. The number of hydrogen-bond acceptors (Lipinski definition) is 3. The SMILES string of the molecule is O=C(O)C1(c2c(Br)ccc3c2OCCO3)CC1. The molecule has 1 fully saturated rings. The monoisotopic (exact) mass is 298 g/mol. The van der Waals surface area contributed by atoms with E-state index >= 15 is 0 Å². The first-order valence-corrected chi connectivity index (χ1v) is 6.26. The standard InChI is InChI=1S/C12H11BrO4/c13-7-1-2-8-10(17-6-5-16-8)9(7)12(3-4-12)11(14)15/h1-2H,3-6H2,(H,14,15). The Bertz CT molecular complexity index is 494. The van der Waals surface area contributed by atoms with Crippen LogP contribution in [0.15, 0.2) is 16.6 Å². The van der Waals surface area contributed by atoms with E-state index in [1.54, 1.807) is 6.07 Å². The van der Waals surface area contributed by atoms with Gasteiger partial charge in [-0.15, -0.1) is 0 Å². The van der Waals surface area contributed by atoms with E-state index in [4.69, 9.17) is 9.47 Å². The molecule has 3 rings (SSSR count). The molecular weight excluding hydrogens is 288 g/mol. The zero-order valence-electron chi connectivity index (χ0n) is 9.03. The summed E-state index contributed by atoms with van der Waals surface area (Å²) >= 11 is 3.42. The molecule has 1 aliphatic heterocycles. The Morgan fingerprint density at radius 1 is 1.29 bits per heavy atom. The molecule has 4 nitrogen and oxygen atoms in total. The van der Waals surface area contributed by atoms with Crippen molar-refractivity contribution in [1.29, 1.82) is 0 Å². The number of benzene rings is 1. The highest BCUT2D eigenvalue weighted by molar-refractivity contribution is 9.10. The maximum absolute atomic E-state index is 11.4. The van der Waals surface area contributed by atoms with Crippen molar-refractivity contribution in [3.05, 3.63) is 22.2 Å². The van der Waals surface area contributed by atoms with E-state index in [1.807, 2.05) is 6.07 Å². The third-order valence-electron chi connectivity index (χ3n) is 3.30. The average Bonchev–Trinajstić information content (AvgIpc) is 3.10. The van der Waals surface area contributed by atoms with Crippen LogP contribution in [0.4, 0.5) is 0 Å². The van der Waals surface area contributed by atoms with E-state index in [0.29, 0.717) is 37.6 Å². The first-order valence-electron chi connectivity index (χ1n) is 5.47. The minimum Gasteiger partial charge on any atom is -0.486 e. The first kappa shape index (κ1) is 10.9. The van der Waals surface area contributed by atoms with Gasteiger partial charge in [0, 0.05) is 10.0 Å². The maximum Gasteiger partial charge on any atom is 0.314 e. The van der Waals surface area contributed by atoms with E-state index in [9.17, 15) is 9.90 Å². The fourth-order valence-electron chi connectivity index (χ4n) is 2.23. The summed E-state index contributed by atoms with van der Waals surface area (Å²) < 4.78 is 11.9. The van der Waals surface area contributed by atoms with Gasteiger partial charge in [-0.3, -0.25) is 4.79 Å². The lowest BCUT2D eigenvalue weighted by Crippen LogP contribution is -2.24. The van der Waals surface area contributed by atoms with Crippen molar-refractivity contribution in [3.8, 4) is 11.5 Å². The number of ether oxygens (including phenoxy) is 2. The van der Waals surface area contributed by atoms with Gasteiger partial charge in [-0.25, -0.2) is 0 Å².